The molecular weight excluding hydrogens is 400 g/mol. The Hall–Kier alpha value is -2.81. The summed E-state index contributed by atoms with van der Waals surface area (Å²) in [7, 11) is 0. The highest BCUT2D eigenvalue weighted by Crippen LogP contribution is 2.36. The van der Waals surface area contributed by atoms with Crippen molar-refractivity contribution in [2.75, 3.05) is 13.1 Å². The minimum absolute atomic E-state index is 0.0349. The van der Waals surface area contributed by atoms with Crippen molar-refractivity contribution < 1.29 is 24.4 Å². The van der Waals surface area contributed by atoms with Crippen LogP contribution >= 0.6 is 0 Å². The second-order valence-corrected chi connectivity index (χ2v) is 8.48. The highest BCUT2D eigenvalue weighted by molar-refractivity contribution is 6.06. The van der Waals surface area contributed by atoms with E-state index < -0.39 is 23.8 Å². The number of carbonyl (C=O) groups excluding carboxylic acids is 4. The SMILES string of the molecule is C[C@H](C1CCCC1)C(CN(O)C=O)C(=O)N1CCC[C@H]1C(=O)NC(=O)c1ccncc1. The molecule has 1 aliphatic heterocycles. The maximum absolute atomic E-state index is 13.5. The van der Waals surface area contributed by atoms with Crippen LogP contribution in [0, 0.1) is 17.8 Å². The molecular formula is C22H30N4O5. The molecule has 0 spiro atoms. The molecule has 0 aromatic carbocycles. The Morgan fingerprint density at radius 2 is 1.90 bits per heavy atom. The van der Waals surface area contributed by atoms with Gasteiger partial charge in [0, 0.05) is 24.5 Å². The van der Waals surface area contributed by atoms with E-state index in [1.807, 2.05) is 6.92 Å². The summed E-state index contributed by atoms with van der Waals surface area (Å²) in [5, 5.41) is 12.7. The zero-order valence-electron chi connectivity index (χ0n) is 17.8. The Morgan fingerprint density at radius 1 is 1.23 bits per heavy atom. The molecule has 1 saturated carbocycles. The van der Waals surface area contributed by atoms with Gasteiger partial charge in [-0.3, -0.25) is 34.7 Å². The fourth-order valence-corrected chi connectivity index (χ4v) is 4.81. The van der Waals surface area contributed by atoms with Crippen molar-refractivity contribution in [2.24, 2.45) is 17.8 Å². The van der Waals surface area contributed by atoms with Crippen LogP contribution in [-0.2, 0) is 14.4 Å². The van der Waals surface area contributed by atoms with Crippen LogP contribution in [0.2, 0.25) is 0 Å². The first-order chi connectivity index (χ1) is 14.9. The number of rotatable bonds is 8. The molecule has 1 unspecified atom stereocenters. The molecule has 0 bridgehead atoms. The number of aromatic nitrogens is 1. The third-order valence-corrected chi connectivity index (χ3v) is 6.62. The standard InChI is InChI=1S/C22H30N4O5/c1-15(16-5-2-3-6-16)18(13-25(31)14-27)22(30)26-12-4-7-19(26)21(29)24-20(28)17-8-10-23-11-9-17/h8-11,14-16,18-19,31H,2-7,12-13H2,1H3,(H,24,28,29)/t15-,18?,19+/m1/s1. The van der Waals surface area contributed by atoms with Gasteiger partial charge < -0.3 is 4.90 Å². The molecule has 9 nitrogen and oxygen atoms in total. The highest BCUT2D eigenvalue weighted by Gasteiger charge is 2.41. The fourth-order valence-electron chi connectivity index (χ4n) is 4.81. The smallest absolute Gasteiger partial charge is 0.258 e. The van der Waals surface area contributed by atoms with Gasteiger partial charge in [-0.25, -0.2) is 5.06 Å². The van der Waals surface area contributed by atoms with Gasteiger partial charge in [0.15, 0.2) is 0 Å². The molecule has 2 N–H and O–H groups in total. The third-order valence-electron chi connectivity index (χ3n) is 6.62. The van der Waals surface area contributed by atoms with E-state index in [1.54, 1.807) is 0 Å². The Bertz CT molecular complexity index is 796. The van der Waals surface area contributed by atoms with Gasteiger partial charge in [-0.2, -0.15) is 0 Å². The van der Waals surface area contributed by atoms with Crippen LogP contribution in [0.1, 0.15) is 55.8 Å². The molecule has 168 valence electrons. The summed E-state index contributed by atoms with van der Waals surface area (Å²) >= 11 is 0. The second-order valence-electron chi connectivity index (χ2n) is 8.48. The van der Waals surface area contributed by atoms with Crippen LogP contribution in [0.15, 0.2) is 24.5 Å². The molecule has 2 heterocycles. The average molecular weight is 431 g/mol. The molecule has 0 radical (unpaired) electrons. The Kier molecular flexibility index (Phi) is 7.73. The predicted molar refractivity (Wildman–Crippen MR) is 111 cm³/mol. The zero-order chi connectivity index (χ0) is 22.4. The van der Waals surface area contributed by atoms with E-state index >= 15 is 0 Å². The van der Waals surface area contributed by atoms with Gasteiger partial charge in [0.2, 0.25) is 18.2 Å². The third kappa shape index (κ3) is 5.46. The van der Waals surface area contributed by atoms with E-state index in [9.17, 15) is 24.4 Å². The van der Waals surface area contributed by atoms with Crippen molar-refractivity contribution in [3.63, 3.8) is 0 Å². The molecule has 2 aliphatic rings. The maximum atomic E-state index is 13.5. The maximum Gasteiger partial charge on any atom is 0.258 e. The van der Waals surface area contributed by atoms with E-state index in [0.29, 0.717) is 42.3 Å². The number of nitrogens with one attached hydrogen (secondary N) is 1. The number of hydrogen-bond acceptors (Lipinski definition) is 6. The number of pyridine rings is 1. The van der Waals surface area contributed by atoms with E-state index in [0.717, 1.165) is 25.7 Å². The summed E-state index contributed by atoms with van der Waals surface area (Å²) in [5.74, 6) is -1.61. The largest absolute Gasteiger partial charge is 0.330 e. The molecule has 1 aromatic heterocycles. The Labute approximate surface area is 181 Å². The number of imide groups is 1. The number of likely N-dealkylation sites (tertiary alicyclic amines) is 1. The van der Waals surface area contributed by atoms with E-state index in [-0.39, 0.29) is 18.4 Å². The van der Waals surface area contributed by atoms with Gasteiger partial charge in [-0.1, -0.05) is 32.6 Å². The molecule has 9 heteroatoms. The van der Waals surface area contributed by atoms with Crippen LogP contribution in [0.3, 0.4) is 0 Å². The minimum atomic E-state index is -0.750. The van der Waals surface area contributed by atoms with E-state index in [4.69, 9.17) is 0 Å². The van der Waals surface area contributed by atoms with Gasteiger partial charge in [-0.15, -0.1) is 0 Å². The average Bonchev–Trinajstić information content (AvgIpc) is 3.49. The molecule has 1 aliphatic carbocycles. The molecule has 1 saturated heterocycles. The summed E-state index contributed by atoms with van der Waals surface area (Å²) in [6.45, 7) is 2.27. The van der Waals surface area contributed by atoms with Crippen molar-refractivity contribution in [1.29, 1.82) is 0 Å². The molecule has 2 fully saturated rings. The van der Waals surface area contributed by atoms with Crippen LogP contribution in [0.25, 0.3) is 0 Å². The van der Waals surface area contributed by atoms with Crippen LogP contribution in [0.4, 0.5) is 0 Å². The quantitative estimate of drug-likeness (QED) is 0.280. The van der Waals surface area contributed by atoms with Gasteiger partial charge >= 0.3 is 0 Å². The Balaban J connectivity index is 1.72. The first-order valence-electron chi connectivity index (χ1n) is 10.9. The lowest BCUT2D eigenvalue weighted by Gasteiger charge is -2.34. The monoisotopic (exact) mass is 430 g/mol. The van der Waals surface area contributed by atoms with Gasteiger partial charge in [0.1, 0.15) is 6.04 Å². The highest BCUT2D eigenvalue weighted by atomic mass is 16.5. The van der Waals surface area contributed by atoms with E-state index in [2.05, 4.69) is 10.3 Å². The summed E-state index contributed by atoms with van der Waals surface area (Å²) in [5.41, 5.74) is 0.314. The number of nitrogens with zero attached hydrogens (tertiary/aromatic N) is 3. The van der Waals surface area contributed by atoms with Crippen molar-refractivity contribution in [3.05, 3.63) is 30.1 Å². The van der Waals surface area contributed by atoms with Gasteiger partial charge in [0.05, 0.1) is 12.5 Å². The first-order valence-corrected chi connectivity index (χ1v) is 10.9. The predicted octanol–water partition coefficient (Wildman–Crippen LogP) is 1.62. The second kappa shape index (κ2) is 10.5. The molecule has 1 aromatic rings. The van der Waals surface area contributed by atoms with Crippen LogP contribution in [0.5, 0.6) is 0 Å². The summed E-state index contributed by atoms with van der Waals surface area (Å²) in [6, 6.07) is 2.27. The van der Waals surface area contributed by atoms with Crippen molar-refractivity contribution >= 4 is 24.1 Å². The van der Waals surface area contributed by atoms with E-state index in [1.165, 1.54) is 29.4 Å². The topological polar surface area (TPSA) is 120 Å². The number of carbonyl (C=O) groups is 4. The summed E-state index contributed by atoms with van der Waals surface area (Å²) < 4.78 is 0. The molecule has 31 heavy (non-hydrogen) atoms. The lowest BCUT2D eigenvalue weighted by atomic mass is 9.80. The number of amides is 4. The summed E-state index contributed by atoms with van der Waals surface area (Å²) in [6.07, 6.45) is 8.58. The van der Waals surface area contributed by atoms with Gasteiger partial charge in [0.25, 0.3) is 5.91 Å². The first kappa shape index (κ1) is 22.9. The Morgan fingerprint density at radius 3 is 2.55 bits per heavy atom. The fraction of sp³-hybridized carbons (Fsp3) is 0.591. The van der Waals surface area contributed by atoms with Crippen LogP contribution in [-0.4, -0.2) is 63.4 Å². The van der Waals surface area contributed by atoms with Crippen LogP contribution < -0.4 is 5.32 Å². The lowest BCUT2D eigenvalue weighted by Crippen LogP contribution is -2.51. The van der Waals surface area contributed by atoms with Crippen molar-refractivity contribution in [1.82, 2.24) is 20.3 Å². The number of hydrogen-bond donors (Lipinski definition) is 2. The minimum Gasteiger partial charge on any atom is -0.330 e. The van der Waals surface area contributed by atoms with Crippen molar-refractivity contribution in [2.45, 2.75) is 51.5 Å². The number of hydroxylamine groups is 2. The van der Waals surface area contributed by atoms with Gasteiger partial charge in [-0.05, 0) is 36.8 Å². The summed E-state index contributed by atoms with van der Waals surface area (Å²) in [4.78, 5) is 55.0. The normalized spacial score (nSPS) is 20.8. The molecule has 4 amide bonds. The van der Waals surface area contributed by atoms with Crippen molar-refractivity contribution in [3.8, 4) is 0 Å². The molecule has 3 rings (SSSR count). The zero-order valence-corrected chi connectivity index (χ0v) is 17.8. The molecule has 3 atom stereocenters. The lowest BCUT2D eigenvalue weighted by molar-refractivity contribution is -0.160.